The van der Waals surface area contributed by atoms with Gasteiger partial charge in [0.15, 0.2) is 0 Å². The van der Waals surface area contributed by atoms with Crippen molar-refractivity contribution < 1.29 is 53.8 Å². The van der Waals surface area contributed by atoms with Crippen molar-refractivity contribution >= 4 is 0 Å². The second-order valence-corrected chi connectivity index (χ2v) is 2.15. The van der Waals surface area contributed by atoms with Crippen molar-refractivity contribution in [3.8, 4) is 0 Å². The van der Waals surface area contributed by atoms with Crippen LogP contribution in [0.5, 0.6) is 0 Å². The van der Waals surface area contributed by atoms with Crippen molar-refractivity contribution in [3.63, 3.8) is 0 Å². The molecule has 11 heavy (non-hydrogen) atoms. The Morgan fingerprint density at radius 1 is 1.27 bits per heavy atom. The normalized spacial score (nSPS) is 7.82. The zero-order valence-corrected chi connectivity index (χ0v) is 12.6. The first-order chi connectivity index (χ1) is 4.33. The maximum atomic E-state index is 3.13. The predicted octanol–water partition coefficient (Wildman–Crippen LogP) is 2.15. The molecule has 0 aliphatic rings. The van der Waals surface area contributed by atoms with Crippen LogP contribution in [0.2, 0.25) is 0 Å². The van der Waals surface area contributed by atoms with Crippen LogP contribution in [0.3, 0.4) is 0 Å². The summed E-state index contributed by atoms with van der Waals surface area (Å²) in [4.78, 5) is 0. The summed E-state index contributed by atoms with van der Waals surface area (Å²) in [6, 6.07) is 10.3. The van der Waals surface area contributed by atoms with Crippen molar-refractivity contribution in [2.75, 3.05) is 0 Å². The van der Waals surface area contributed by atoms with Crippen LogP contribution in [0.4, 0.5) is 0 Å². The van der Waals surface area contributed by atoms with Crippen LogP contribution in [0, 0.1) is 19.1 Å². The first kappa shape index (κ1) is 14.5. The van der Waals surface area contributed by atoms with Gasteiger partial charge in [-0.05, 0) is 0 Å². The standard InChI is InChI=1S/C9H10.W.Y/c1-3-9-6-4-8(2)5-7-9;;/h4-5H,3H2,1-2H3;;/q-2;;. The maximum absolute atomic E-state index is 3.13. The fourth-order valence-corrected chi connectivity index (χ4v) is 0.689. The molecule has 0 fully saturated rings. The molecule has 1 radical (unpaired) electrons. The molecule has 2 heteroatoms. The van der Waals surface area contributed by atoms with Gasteiger partial charge >= 0.3 is 0 Å². The topological polar surface area (TPSA) is 0 Å². The van der Waals surface area contributed by atoms with Crippen molar-refractivity contribution in [1.29, 1.82) is 0 Å². The second-order valence-electron chi connectivity index (χ2n) is 2.15. The first-order valence-corrected chi connectivity index (χ1v) is 3.22. The van der Waals surface area contributed by atoms with Crippen molar-refractivity contribution in [2.45, 2.75) is 20.3 Å². The molecule has 1 rings (SSSR count). The van der Waals surface area contributed by atoms with Crippen molar-refractivity contribution in [1.82, 2.24) is 0 Å². The zero-order valence-electron chi connectivity index (χ0n) is 6.85. The maximum Gasteiger partial charge on any atom is 0 e. The molecule has 0 atom stereocenters. The van der Waals surface area contributed by atoms with Gasteiger partial charge in [-0.2, -0.15) is 0 Å². The van der Waals surface area contributed by atoms with Crippen LogP contribution in [0.1, 0.15) is 18.1 Å². The molecule has 0 spiro atoms. The van der Waals surface area contributed by atoms with Gasteiger partial charge in [-0.3, -0.25) is 23.3 Å². The molecule has 0 saturated carbocycles. The molecule has 0 bridgehead atoms. The van der Waals surface area contributed by atoms with E-state index in [0.717, 1.165) is 6.42 Å². The molecule has 0 unspecified atom stereocenters. The summed E-state index contributed by atoms with van der Waals surface area (Å²) in [5, 5.41) is 0. The fourth-order valence-electron chi connectivity index (χ4n) is 0.689. The van der Waals surface area contributed by atoms with Crippen LogP contribution in [0.15, 0.2) is 12.1 Å². The van der Waals surface area contributed by atoms with Gasteiger partial charge in [0, 0.05) is 53.8 Å². The zero-order chi connectivity index (χ0) is 6.69. The van der Waals surface area contributed by atoms with E-state index in [1.165, 1.54) is 11.1 Å². The fraction of sp³-hybridized carbons (Fsp3) is 0.333. The Kier molecular flexibility index (Phi) is 10.1. The van der Waals surface area contributed by atoms with Crippen molar-refractivity contribution in [3.05, 3.63) is 35.4 Å². The molecule has 0 N–H and O–H groups in total. The SMILES string of the molecule is CCc1[c-]cc(C)c[c-]1.[W].[Y]. The van der Waals surface area contributed by atoms with Crippen molar-refractivity contribution in [2.24, 2.45) is 0 Å². The number of hydrogen-bond donors (Lipinski definition) is 0. The van der Waals surface area contributed by atoms with Gasteiger partial charge < -0.3 is 12.1 Å². The van der Waals surface area contributed by atoms with Gasteiger partial charge in [0.2, 0.25) is 0 Å². The Morgan fingerprint density at radius 3 is 2.09 bits per heavy atom. The molecule has 0 heterocycles. The van der Waals surface area contributed by atoms with E-state index in [2.05, 4.69) is 19.1 Å². The summed E-state index contributed by atoms with van der Waals surface area (Å²) in [6.45, 7) is 4.16. The Hall–Kier alpha value is 1.01. The van der Waals surface area contributed by atoms with Crippen LogP contribution in [0.25, 0.3) is 0 Å². The number of hydrogen-bond acceptors (Lipinski definition) is 0. The minimum Gasteiger partial charge on any atom is -0.355 e. The quantitative estimate of drug-likeness (QED) is 0.645. The molecule has 57 valence electrons. The third-order valence-electron chi connectivity index (χ3n) is 1.30. The van der Waals surface area contributed by atoms with Gasteiger partial charge in [-0.25, -0.2) is 0 Å². The van der Waals surface area contributed by atoms with E-state index in [0.29, 0.717) is 0 Å². The van der Waals surface area contributed by atoms with E-state index in [9.17, 15) is 0 Å². The molecular formula is C9H10WY-2. The Bertz CT molecular complexity index is 181. The summed E-state index contributed by atoms with van der Waals surface area (Å²) >= 11 is 0. The summed E-state index contributed by atoms with van der Waals surface area (Å²) < 4.78 is 0. The molecule has 1 aromatic carbocycles. The minimum atomic E-state index is 0. The Morgan fingerprint density at radius 2 is 1.73 bits per heavy atom. The van der Waals surface area contributed by atoms with E-state index in [1.54, 1.807) is 0 Å². The molecule has 1 aromatic rings. The third-order valence-corrected chi connectivity index (χ3v) is 1.30. The van der Waals surface area contributed by atoms with E-state index < -0.39 is 0 Å². The van der Waals surface area contributed by atoms with Gasteiger partial charge in [0.05, 0.1) is 0 Å². The van der Waals surface area contributed by atoms with Gasteiger partial charge in [-0.1, -0.05) is 13.3 Å². The second kappa shape index (κ2) is 7.65. The minimum absolute atomic E-state index is 0. The Balaban J connectivity index is 0. The monoisotopic (exact) mass is 391 g/mol. The Labute approximate surface area is 108 Å². The van der Waals surface area contributed by atoms with Gasteiger partial charge in [-0.15, -0.1) is 6.92 Å². The number of benzene rings is 1. The summed E-state index contributed by atoms with van der Waals surface area (Å²) in [5.41, 5.74) is 2.40. The summed E-state index contributed by atoms with van der Waals surface area (Å²) in [6.07, 6.45) is 1.03. The molecule has 0 amide bonds. The summed E-state index contributed by atoms with van der Waals surface area (Å²) in [7, 11) is 0. The van der Waals surface area contributed by atoms with E-state index in [1.807, 2.05) is 19.1 Å². The van der Waals surface area contributed by atoms with Crippen LogP contribution in [-0.4, -0.2) is 0 Å². The smallest absolute Gasteiger partial charge is 0 e. The van der Waals surface area contributed by atoms with Gasteiger partial charge in [0.1, 0.15) is 0 Å². The average molecular weight is 391 g/mol. The van der Waals surface area contributed by atoms with Crippen LogP contribution < -0.4 is 0 Å². The molecular weight excluding hydrogens is 381 g/mol. The van der Waals surface area contributed by atoms with E-state index in [-0.39, 0.29) is 53.8 Å². The number of aryl methyl sites for hydroxylation is 2. The van der Waals surface area contributed by atoms with E-state index in [4.69, 9.17) is 0 Å². The average Bonchev–Trinajstić information content (AvgIpc) is 1.90. The van der Waals surface area contributed by atoms with Crippen LogP contribution in [-0.2, 0) is 60.2 Å². The largest absolute Gasteiger partial charge is 0.355 e. The number of rotatable bonds is 1. The first-order valence-electron chi connectivity index (χ1n) is 3.22. The van der Waals surface area contributed by atoms with Gasteiger partial charge in [0.25, 0.3) is 0 Å². The molecule has 0 saturated heterocycles. The van der Waals surface area contributed by atoms with E-state index >= 15 is 0 Å². The van der Waals surface area contributed by atoms with Crippen LogP contribution >= 0.6 is 0 Å². The molecule has 0 aliphatic heterocycles. The summed E-state index contributed by atoms with van der Waals surface area (Å²) in [5.74, 6) is 0. The molecule has 0 nitrogen and oxygen atoms in total. The molecule has 0 aliphatic carbocycles. The third kappa shape index (κ3) is 5.28. The molecule has 0 aromatic heterocycles. The predicted molar refractivity (Wildman–Crippen MR) is 38.2 cm³/mol.